The molecule has 3 N–H and O–H groups in total. The number of aromatic nitrogens is 3. The molecule has 0 bridgehead atoms. The number of carbonyl (C=O) groups is 1. The van der Waals surface area contributed by atoms with Crippen molar-refractivity contribution in [3.63, 3.8) is 0 Å². The monoisotopic (exact) mass is 413 g/mol. The predicted molar refractivity (Wildman–Crippen MR) is 118 cm³/mol. The zero-order chi connectivity index (χ0) is 21.6. The molecule has 4 rings (SSSR count). The maximum atomic E-state index is 13.2. The Balaban J connectivity index is 1.38. The smallest absolute Gasteiger partial charge is 0.255 e. The van der Waals surface area contributed by atoms with Crippen molar-refractivity contribution >= 4 is 17.3 Å². The third-order valence-corrected chi connectivity index (χ3v) is 4.78. The fourth-order valence-corrected chi connectivity index (χ4v) is 3.12. The lowest BCUT2D eigenvalue weighted by molar-refractivity contribution is 0.102. The van der Waals surface area contributed by atoms with Gasteiger partial charge in [0.25, 0.3) is 5.91 Å². The number of carbonyl (C=O) groups excluding carboxylic acids is 1. The molecule has 0 atom stereocenters. The van der Waals surface area contributed by atoms with E-state index in [0.717, 1.165) is 29.1 Å². The Bertz CT molecular complexity index is 1200. The van der Waals surface area contributed by atoms with Crippen molar-refractivity contribution in [3.8, 4) is 11.3 Å². The highest BCUT2D eigenvalue weighted by atomic mass is 19.1. The number of nitrogens with zero attached hydrogens (tertiary/aromatic N) is 3. The third-order valence-electron chi connectivity index (χ3n) is 4.78. The second kappa shape index (κ2) is 9.13. The molecule has 0 saturated heterocycles. The summed E-state index contributed by atoms with van der Waals surface area (Å²) in [6.45, 7) is 0. The van der Waals surface area contributed by atoms with Gasteiger partial charge >= 0.3 is 0 Å². The van der Waals surface area contributed by atoms with Gasteiger partial charge in [0.05, 0.1) is 17.1 Å². The molecule has 0 aliphatic heterocycles. The highest BCUT2D eigenvalue weighted by molar-refractivity contribution is 6.05. The number of amides is 1. The Morgan fingerprint density at radius 3 is 2.58 bits per heavy atom. The van der Waals surface area contributed by atoms with Crippen LogP contribution in [0.4, 0.5) is 15.8 Å². The molecular formula is C24H20FN5O. The maximum Gasteiger partial charge on any atom is 0.255 e. The molecule has 31 heavy (non-hydrogen) atoms. The quantitative estimate of drug-likeness (QED) is 0.460. The number of halogens is 1. The molecule has 0 saturated carbocycles. The van der Waals surface area contributed by atoms with Gasteiger partial charge in [-0.15, -0.1) is 0 Å². The first-order valence-corrected chi connectivity index (χ1v) is 9.76. The fraction of sp³-hybridized carbons (Fsp3) is 0.0833. The molecular weight excluding hydrogens is 393 g/mol. The molecule has 0 aliphatic rings. The summed E-state index contributed by atoms with van der Waals surface area (Å²) in [7, 11) is 0. The van der Waals surface area contributed by atoms with E-state index in [4.69, 9.17) is 5.73 Å². The largest absolute Gasteiger partial charge is 0.397 e. The second-order valence-electron chi connectivity index (χ2n) is 6.98. The summed E-state index contributed by atoms with van der Waals surface area (Å²) in [5.41, 5.74) is 9.64. The summed E-state index contributed by atoms with van der Waals surface area (Å²) >= 11 is 0. The molecule has 2 aromatic carbocycles. The molecule has 1 amide bonds. The minimum atomic E-state index is -0.449. The van der Waals surface area contributed by atoms with E-state index in [1.807, 2.05) is 30.3 Å². The molecule has 0 unspecified atom stereocenters. The van der Waals surface area contributed by atoms with Gasteiger partial charge in [-0.25, -0.2) is 14.4 Å². The Morgan fingerprint density at radius 2 is 1.84 bits per heavy atom. The van der Waals surface area contributed by atoms with Gasteiger partial charge in [0.1, 0.15) is 11.6 Å². The molecule has 0 aliphatic carbocycles. The number of pyridine rings is 1. The topological polar surface area (TPSA) is 93.8 Å². The van der Waals surface area contributed by atoms with Gasteiger partial charge < -0.3 is 11.1 Å². The first-order valence-electron chi connectivity index (χ1n) is 9.76. The van der Waals surface area contributed by atoms with Gasteiger partial charge in [0.15, 0.2) is 0 Å². The fourth-order valence-electron chi connectivity index (χ4n) is 3.12. The molecule has 0 spiro atoms. The standard InChI is InChI=1S/C24H20FN5O/c25-19-8-9-22(20(26)14-19)30-24(31)17-6-3-16(4-7-17)5-10-23-28-13-11-21(29-23)18-2-1-12-27-15-18/h1-4,6-9,11-15H,5,10,26H2,(H,30,31). The van der Waals surface area contributed by atoms with Crippen molar-refractivity contribution < 1.29 is 9.18 Å². The van der Waals surface area contributed by atoms with Crippen LogP contribution in [0.1, 0.15) is 21.7 Å². The number of anilines is 2. The van der Waals surface area contributed by atoms with Crippen molar-refractivity contribution in [2.75, 3.05) is 11.1 Å². The maximum absolute atomic E-state index is 13.2. The lowest BCUT2D eigenvalue weighted by Crippen LogP contribution is -2.13. The number of rotatable bonds is 6. The number of nitrogen functional groups attached to an aromatic ring is 1. The van der Waals surface area contributed by atoms with E-state index in [1.165, 1.54) is 18.2 Å². The minimum absolute atomic E-state index is 0.179. The zero-order valence-electron chi connectivity index (χ0n) is 16.6. The molecule has 2 aromatic heterocycles. The number of benzene rings is 2. The number of aryl methyl sites for hydroxylation is 2. The van der Waals surface area contributed by atoms with E-state index in [1.54, 1.807) is 30.7 Å². The Kier molecular flexibility index (Phi) is 5.93. The summed E-state index contributed by atoms with van der Waals surface area (Å²) in [6.07, 6.45) is 6.66. The summed E-state index contributed by atoms with van der Waals surface area (Å²) in [5, 5.41) is 2.70. The summed E-state index contributed by atoms with van der Waals surface area (Å²) in [6, 6.07) is 16.8. The van der Waals surface area contributed by atoms with E-state index in [-0.39, 0.29) is 11.6 Å². The Morgan fingerprint density at radius 1 is 1.00 bits per heavy atom. The average molecular weight is 413 g/mol. The van der Waals surface area contributed by atoms with Crippen molar-refractivity contribution in [1.82, 2.24) is 15.0 Å². The van der Waals surface area contributed by atoms with Crippen LogP contribution < -0.4 is 11.1 Å². The van der Waals surface area contributed by atoms with Crippen molar-refractivity contribution in [2.45, 2.75) is 12.8 Å². The lowest BCUT2D eigenvalue weighted by Gasteiger charge is -2.09. The van der Waals surface area contributed by atoms with Crippen LogP contribution in [0.15, 0.2) is 79.3 Å². The van der Waals surface area contributed by atoms with Crippen LogP contribution in [0.5, 0.6) is 0 Å². The summed E-state index contributed by atoms with van der Waals surface area (Å²) in [5.74, 6) is -0.0119. The molecule has 2 heterocycles. The van der Waals surface area contributed by atoms with Gasteiger partial charge in [0.2, 0.25) is 0 Å². The number of nitrogens with two attached hydrogens (primary N) is 1. The van der Waals surface area contributed by atoms with Crippen LogP contribution in [-0.2, 0) is 12.8 Å². The first-order chi connectivity index (χ1) is 15.1. The van der Waals surface area contributed by atoms with E-state index < -0.39 is 5.82 Å². The van der Waals surface area contributed by atoms with Crippen LogP contribution in [0.2, 0.25) is 0 Å². The Hall–Kier alpha value is -4.13. The molecule has 0 radical (unpaired) electrons. The van der Waals surface area contributed by atoms with Crippen molar-refractivity contribution in [2.24, 2.45) is 0 Å². The van der Waals surface area contributed by atoms with E-state index >= 15 is 0 Å². The van der Waals surface area contributed by atoms with Crippen LogP contribution in [-0.4, -0.2) is 20.9 Å². The lowest BCUT2D eigenvalue weighted by atomic mass is 10.1. The molecule has 4 aromatic rings. The van der Waals surface area contributed by atoms with Crippen LogP contribution >= 0.6 is 0 Å². The van der Waals surface area contributed by atoms with Gasteiger partial charge in [-0.1, -0.05) is 12.1 Å². The van der Waals surface area contributed by atoms with Gasteiger partial charge in [-0.3, -0.25) is 9.78 Å². The van der Waals surface area contributed by atoms with E-state index in [2.05, 4.69) is 20.3 Å². The van der Waals surface area contributed by atoms with Crippen molar-refractivity contribution in [1.29, 1.82) is 0 Å². The highest BCUT2D eigenvalue weighted by Crippen LogP contribution is 2.20. The normalized spacial score (nSPS) is 10.6. The first kappa shape index (κ1) is 20.2. The van der Waals surface area contributed by atoms with Crippen LogP contribution in [0.25, 0.3) is 11.3 Å². The predicted octanol–water partition coefficient (Wildman–Crippen LogP) is 4.30. The second-order valence-corrected chi connectivity index (χ2v) is 6.98. The van der Waals surface area contributed by atoms with Crippen LogP contribution in [0.3, 0.4) is 0 Å². The molecule has 7 heteroatoms. The van der Waals surface area contributed by atoms with Gasteiger partial charge in [-0.05, 0) is 60.5 Å². The minimum Gasteiger partial charge on any atom is -0.397 e. The molecule has 6 nitrogen and oxygen atoms in total. The van der Waals surface area contributed by atoms with Gasteiger partial charge in [-0.2, -0.15) is 0 Å². The molecule has 154 valence electrons. The van der Waals surface area contributed by atoms with E-state index in [9.17, 15) is 9.18 Å². The zero-order valence-corrected chi connectivity index (χ0v) is 16.6. The number of hydrogen-bond acceptors (Lipinski definition) is 5. The summed E-state index contributed by atoms with van der Waals surface area (Å²) < 4.78 is 13.2. The Labute approximate surface area is 179 Å². The van der Waals surface area contributed by atoms with Gasteiger partial charge in [0, 0.05) is 36.1 Å². The highest BCUT2D eigenvalue weighted by Gasteiger charge is 2.09. The SMILES string of the molecule is Nc1cc(F)ccc1NC(=O)c1ccc(CCc2nccc(-c3cccnc3)n2)cc1. The number of hydrogen-bond donors (Lipinski definition) is 2. The van der Waals surface area contributed by atoms with Crippen LogP contribution in [0, 0.1) is 5.82 Å². The number of nitrogens with one attached hydrogen (secondary N) is 1. The molecule has 0 fully saturated rings. The van der Waals surface area contributed by atoms with E-state index in [0.29, 0.717) is 17.7 Å². The van der Waals surface area contributed by atoms with Crippen molar-refractivity contribution in [3.05, 3.63) is 102 Å². The average Bonchev–Trinajstić information content (AvgIpc) is 2.80. The summed E-state index contributed by atoms with van der Waals surface area (Å²) in [4.78, 5) is 25.5. The third kappa shape index (κ3) is 5.08.